The summed E-state index contributed by atoms with van der Waals surface area (Å²) < 4.78 is 0. The zero-order chi connectivity index (χ0) is 8.81. The molecule has 0 atom stereocenters. The minimum absolute atomic E-state index is 0.875. The molecule has 58 valence electrons. The van der Waals surface area contributed by atoms with Gasteiger partial charge in [-0.15, -0.1) is 0 Å². The van der Waals surface area contributed by atoms with E-state index in [1.165, 1.54) is 0 Å². The van der Waals surface area contributed by atoms with E-state index in [1.54, 1.807) is 0 Å². The predicted octanol–water partition coefficient (Wildman–Crippen LogP) is 1.69. The largest absolute Gasteiger partial charge is 0.315 e. The highest BCUT2D eigenvalue weighted by molar-refractivity contribution is 5.56. The number of benzene rings is 1. The summed E-state index contributed by atoms with van der Waals surface area (Å²) in [7, 11) is 0. The summed E-state index contributed by atoms with van der Waals surface area (Å²) in [6.07, 6.45) is 10.1. The predicted molar refractivity (Wildman–Crippen MR) is 51.4 cm³/mol. The lowest BCUT2D eigenvalue weighted by atomic mass is 10.3. The lowest BCUT2D eigenvalue weighted by Crippen LogP contribution is -1.89. The summed E-state index contributed by atoms with van der Waals surface area (Å²) in [5.74, 6) is 0. The van der Waals surface area contributed by atoms with Gasteiger partial charge in [0.25, 0.3) is 0 Å². The molecule has 0 heterocycles. The van der Waals surface area contributed by atoms with E-state index >= 15 is 0 Å². The molecule has 0 radical (unpaired) electrons. The van der Waals surface area contributed by atoms with Gasteiger partial charge in [-0.25, -0.2) is 0 Å². The molecule has 0 aliphatic carbocycles. The van der Waals surface area contributed by atoms with E-state index in [1.807, 2.05) is 24.3 Å². The summed E-state index contributed by atoms with van der Waals surface area (Å²) in [5, 5.41) is 5.45. The average molecular weight is 156 g/mol. The fourth-order valence-corrected chi connectivity index (χ4v) is 0.804. The topological polar surface area (TPSA) is 24.1 Å². The Balaban J connectivity index is 2.74. The second kappa shape index (κ2) is 3.95. The molecular weight excluding hydrogens is 148 g/mol. The lowest BCUT2D eigenvalue weighted by molar-refractivity contribution is 1.59. The molecule has 2 nitrogen and oxygen atoms in total. The van der Waals surface area contributed by atoms with Crippen molar-refractivity contribution in [2.75, 3.05) is 10.6 Å². The van der Waals surface area contributed by atoms with E-state index in [9.17, 15) is 0 Å². The van der Waals surface area contributed by atoms with Crippen molar-refractivity contribution >= 4 is 11.4 Å². The van der Waals surface area contributed by atoms with Crippen molar-refractivity contribution in [2.45, 2.75) is 0 Å². The second-order valence-electron chi connectivity index (χ2n) is 2.12. The van der Waals surface area contributed by atoms with Crippen LogP contribution in [0.25, 0.3) is 0 Å². The van der Waals surface area contributed by atoms with Gasteiger partial charge in [0.15, 0.2) is 0 Å². The van der Waals surface area contributed by atoms with Crippen molar-refractivity contribution in [1.29, 1.82) is 0 Å². The molecule has 0 bridgehead atoms. The van der Waals surface area contributed by atoms with Crippen molar-refractivity contribution in [3.05, 3.63) is 24.3 Å². The van der Waals surface area contributed by atoms with Gasteiger partial charge < -0.3 is 10.6 Å². The van der Waals surface area contributed by atoms with Gasteiger partial charge >= 0.3 is 0 Å². The Labute approximate surface area is 72.0 Å². The van der Waals surface area contributed by atoms with E-state index in [-0.39, 0.29) is 0 Å². The Bertz CT molecular complexity index is 289. The molecule has 1 aromatic rings. The summed E-state index contributed by atoms with van der Waals surface area (Å²) in [4.78, 5) is 0. The van der Waals surface area contributed by atoms with Crippen LogP contribution in [0.2, 0.25) is 0 Å². The van der Waals surface area contributed by atoms with Crippen LogP contribution in [0.4, 0.5) is 11.4 Å². The molecule has 0 saturated heterocycles. The van der Waals surface area contributed by atoms with Gasteiger partial charge in [-0.3, -0.25) is 0 Å². The third kappa shape index (κ3) is 1.97. The zero-order valence-corrected chi connectivity index (χ0v) is 6.46. The van der Waals surface area contributed by atoms with Crippen LogP contribution in [0.3, 0.4) is 0 Å². The smallest absolute Gasteiger partial charge is 0.0460 e. The first-order chi connectivity index (χ1) is 5.86. The van der Waals surface area contributed by atoms with Crippen LogP contribution in [0.15, 0.2) is 24.3 Å². The first-order valence-electron chi connectivity index (χ1n) is 3.40. The van der Waals surface area contributed by atoms with Gasteiger partial charge in [0.05, 0.1) is 0 Å². The third-order valence-corrected chi connectivity index (χ3v) is 1.32. The summed E-state index contributed by atoms with van der Waals surface area (Å²) in [6.45, 7) is 0. The number of rotatable bonds is 2. The maximum atomic E-state index is 5.05. The molecule has 0 aromatic heterocycles. The number of hydrogen-bond acceptors (Lipinski definition) is 2. The maximum Gasteiger partial charge on any atom is 0.0460 e. The Morgan fingerprint density at radius 2 is 1.17 bits per heavy atom. The van der Waals surface area contributed by atoms with Gasteiger partial charge in [-0.05, 0) is 24.3 Å². The Kier molecular flexibility index (Phi) is 2.65. The van der Waals surface area contributed by atoms with Crippen molar-refractivity contribution in [2.24, 2.45) is 0 Å². The fraction of sp³-hybridized carbons (Fsp3) is 0. The molecular formula is C10H8N2. The molecule has 1 rings (SSSR count). The van der Waals surface area contributed by atoms with Gasteiger partial charge in [-0.2, -0.15) is 0 Å². The molecule has 2 N–H and O–H groups in total. The third-order valence-electron chi connectivity index (χ3n) is 1.32. The fourth-order valence-electron chi connectivity index (χ4n) is 0.804. The number of nitrogens with one attached hydrogen (secondary N) is 2. The van der Waals surface area contributed by atoms with Crippen LogP contribution in [0.5, 0.6) is 0 Å². The summed E-state index contributed by atoms with van der Waals surface area (Å²) >= 11 is 0. The van der Waals surface area contributed by atoms with Crippen LogP contribution >= 0.6 is 0 Å². The molecule has 0 aliphatic heterocycles. The van der Waals surface area contributed by atoms with Gasteiger partial charge in [0.1, 0.15) is 0 Å². The van der Waals surface area contributed by atoms with E-state index in [0.717, 1.165) is 11.4 Å². The first kappa shape index (κ1) is 8.04. The molecule has 0 spiro atoms. The molecule has 2 heteroatoms. The minimum Gasteiger partial charge on any atom is -0.315 e. The van der Waals surface area contributed by atoms with Crippen molar-refractivity contribution < 1.29 is 0 Å². The maximum absolute atomic E-state index is 5.05. The van der Waals surface area contributed by atoms with E-state index in [0.29, 0.717) is 0 Å². The standard InChI is InChI=1S/C10H8N2/c1-3-11-9-5-7-10(8-6-9)12-4-2/h1-2,5-8,11-12H. The van der Waals surface area contributed by atoms with Gasteiger partial charge in [-0.1, -0.05) is 12.8 Å². The highest BCUT2D eigenvalue weighted by Crippen LogP contribution is 2.12. The average Bonchev–Trinajstić information content (AvgIpc) is 2.09. The van der Waals surface area contributed by atoms with E-state index < -0.39 is 0 Å². The van der Waals surface area contributed by atoms with E-state index in [2.05, 4.69) is 22.7 Å². The molecule has 0 amide bonds. The van der Waals surface area contributed by atoms with Gasteiger partial charge in [0.2, 0.25) is 0 Å². The number of hydrogen-bond donors (Lipinski definition) is 2. The second-order valence-corrected chi connectivity index (χ2v) is 2.12. The van der Waals surface area contributed by atoms with Crippen molar-refractivity contribution in [1.82, 2.24) is 0 Å². The molecule has 0 saturated carbocycles. The number of anilines is 2. The minimum atomic E-state index is 0.875. The quantitative estimate of drug-likeness (QED) is 0.503. The first-order valence-corrected chi connectivity index (χ1v) is 3.40. The normalized spacial score (nSPS) is 7.83. The Morgan fingerprint density at radius 3 is 1.42 bits per heavy atom. The van der Waals surface area contributed by atoms with Crippen LogP contribution in [0, 0.1) is 24.9 Å². The SMILES string of the molecule is C#CNc1ccc(NC#C)cc1. The van der Waals surface area contributed by atoms with Crippen molar-refractivity contribution in [3.8, 4) is 24.9 Å². The Morgan fingerprint density at radius 1 is 0.833 bits per heavy atom. The molecule has 0 aliphatic rings. The number of terminal acetylenes is 2. The molecule has 12 heavy (non-hydrogen) atoms. The zero-order valence-electron chi connectivity index (χ0n) is 6.46. The van der Waals surface area contributed by atoms with Crippen LogP contribution in [-0.2, 0) is 0 Å². The molecule has 0 fully saturated rings. The van der Waals surface area contributed by atoms with Crippen LogP contribution in [-0.4, -0.2) is 0 Å². The van der Waals surface area contributed by atoms with Crippen LogP contribution in [0.1, 0.15) is 0 Å². The molecule has 1 aromatic carbocycles. The summed E-state index contributed by atoms with van der Waals surface area (Å²) in [6, 6.07) is 12.0. The van der Waals surface area contributed by atoms with Crippen LogP contribution < -0.4 is 10.6 Å². The highest BCUT2D eigenvalue weighted by atomic mass is 14.8. The lowest BCUT2D eigenvalue weighted by Gasteiger charge is -2.00. The van der Waals surface area contributed by atoms with E-state index in [4.69, 9.17) is 12.8 Å². The van der Waals surface area contributed by atoms with Gasteiger partial charge in [0, 0.05) is 23.5 Å². The molecule has 0 unspecified atom stereocenters. The highest BCUT2D eigenvalue weighted by Gasteiger charge is 1.89. The summed E-state index contributed by atoms with van der Waals surface area (Å²) in [5.41, 5.74) is 1.75. The Hall–Kier alpha value is -2.06. The monoisotopic (exact) mass is 156 g/mol. The van der Waals surface area contributed by atoms with Crippen molar-refractivity contribution in [3.63, 3.8) is 0 Å².